The summed E-state index contributed by atoms with van der Waals surface area (Å²) in [5.41, 5.74) is 5.51. The van der Waals surface area contributed by atoms with Crippen molar-refractivity contribution in [2.75, 3.05) is 6.54 Å². The van der Waals surface area contributed by atoms with E-state index in [0.29, 0.717) is 0 Å². The predicted octanol–water partition coefficient (Wildman–Crippen LogP) is 8.58. The van der Waals surface area contributed by atoms with Crippen molar-refractivity contribution in [1.29, 1.82) is 0 Å². The van der Waals surface area contributed by atoms with Crippen molar-refractivity contribution in [3.63, 3.8) is 0 Å². The molecule has 0 rings (SSSR count). The molecule has 0 saturated carbocycles. The number of hydrogen-bond acceptors (Lipinski definition) is 1. The fourth-order valence-corrected chi connectivity index (χ4v) is 4.07. The van der Waals surface area contributed by atoms with Crippen molar-refractivity contribution in [2.45, 2.75) is 120 Å². The van der Waals surface area contributed by atoms with Crippen LogP contribution < -0.4 is 5.73 Å². The Balaban J connectivity index is 3.63. The summed E-state index contributed by atoms with van der Waals surface area (Å²) in [4.78, 5) is 0. The SMILES string of the molecule is CCCCCCCCC(CCCCCCCCCCCN)C(Cl)(Cl)Cl. The molecule has 25 heavy (non-hydrogen) atoms. The maximum absolute atomic E-state index is 6.21. The van der Waals surface area contributed by atoms with Crippen LogP contribution >= 0.6 is 34.8 Å². The second-order valence-corrected chi connectivity index (χ2v) is 9.92. The van der Waals surface area contributed by atoms with Crippen molar-refractivity contribution in [3.8, 4) is 0 Å². The molecule has 4 heteroatoms. The first kappa shape index (κ1) is 25.8. The molecule has 0 aliphatic rings. The molecule has 0 radical (unpaired) electrons. The van der Waals surface area contributed by atoms with E-state index in [1.807, 2.05) is 0 Å². The highest BCUT2D eigenvalue weighted by Gasteiger charge is 2.31. The van der Waals surface area contributed by atoms with Gasteiger partial charge in [-0.15, -0.1) is 0 Å². The summed E-state index contributed by atoms with van der Waals surface area (Å²) in [6.45, 7) is 3.09. The molecule has 0 bridgehead atoms. The Hall–Kier alpha value is 0.830. The zero-order chi connectivity index (χ0) is 18.8. The third-order valence-electron chi connectivity index (χ3n) is 5.13. The Bertz CT molecular complexity index is 266. The Kier molecular flexibility index (Phi) is 18.8. The molecule has 0 saturated heterocycles. The lowest BCUT2D eigenvalue weighted by Crippen LogP contribution is -2.19. The van der Waals surface area contributed by atoms with Crippen LogP contribution in [0.25, 0.3) is 0 Å². The van der Waals surface area contributed by atoms with Crippen molar-refractivity contribution >= 4 is 34.8 Å². The molecule has 2 N–H and O–H groups in total. The molecular formula is C21H42Cl3N. The lowest BCUT2D eigenvalue weighted by molar-refractivity contribution is 0.407. The molecule has 1 unspecified atom stereocenters. The van der Waals surface area contributed by atoms with Gasteiger partial charge in [-0.1, -0.05) is 132 Å². The molecule has 0 amide bonds. The molecule has 0 aliphatic carbocycles. The van der Waals surface area contributed by atoms with Crippen molar-refractivity contribution in [2.24, 2.45) is 11.7 Å². The first-order chi connectivity index (χ1) is 12.0. The van der Waals surface area contributed by atoms with Gasteiger partial charge in [-0.25, -0.2) is 0 Å². The zero-order valence-electron chi connectivity index (χ0n) is 16.5. The van der Waals surface area contributed by atoms with Gasteiger partial charge in [0.25, 0.3) is 0 Å². The van der Waals surface area contributed by atoms with Crippen LogP contribution in [0.1, 0.15) is 116 Å². The topological polar surface area (TPSA) is 26.0 Å². The molecule has 1 atom stereocenters. The summed E-state index contributed by atoms with van der Waals surface area (Å²) in [7, 11) is 0. The zero-order valence-corrected chi connectivity index (χ0v) is 18.8. The lowest BCUT2D eigenvalue weighted by Gasteiger charge is -2.24. The van der Waals surface area contributed by atoms with Gasteiger partial charge in [0.15, 0.2) is 3.79 Å². The Morgan fingerprint density at radius 3 is 1.32 bits per heavy atom. The highest BCUT2D eigenvalue weighted by atomic mass is 35.6. The second kappa shape index (κ2) is 18.2. The predicted molar refractivity (Wildman–Crippen MR) is 117 cm³/mol. The normalized spacial score (nSPS) is 13.3. The Morgan fingerprint density at radius 1 is 0.600 bits per heavy atom. The molecule has 0 aromatic carbocycles. The van der Waals surface area contributed by atoms with E-state index in [-0.39, 0.29) is 5.92 Å². The first-order valence-corrected chi connectivity index (χ1v) is 11.9. The summed E-state index contributed by atoms with van der Waals surface area (Å²) in [5, 5.41) is 0. The summed E-state index contributed by atoms with van der Waals surface area (Å²) >= 11 is 18.6. The largest absolute Gasteiger partial charge is 0.330 e. The third kappa shape index (κ3) is 18.0. The molecule has 152 valence electrons. The number of alkyl halides is 3. The minimum atomic E-state index is -1.09. The van der Waals surface area contributed by atoms with Crippen molar-refractivity contribution in [3.05, 3.63) is 0 Å². The highest BCUT2D eigenvalue weighted by molar-refractivity contribution is 6.67. The summed E-state index contributed by atoms with van der Waals surface area (Å²) in [5.74, 6) is 0.222. The average Bonchev–Trinajstić information content (AvgIpc) is 2.56. The van der Waals surface area contributed by atoms with Crippen LogP contribution in [0.5, 0.6) is 0 Å². The van der Waals surface area contributed by atoms with Crippen LogP contribution in [0, 0.1) is 5.92 Å². The van der Waals surface area contributed by atoms with E-state index < -0.39 is 3.79 Å². The second-order valence-electron chi connectivity index (χ2n) is 7.55. The van der Waals surface area contributed by atoms with Crippen LogP contribution in [0.3, 0.4) is 0 Å². The summed E-state index contributed by atoms with van der Waals surface area (Å²) < 4.78 is -1.09. The number of hydrogen-bond donors (Lipinski definition) is 1. The maximum atomic E-state index is 6.21. The summed E-state index contributed by atoms with van der Waals surface area (Å²) in [6.07, 6.45) is 21.6. The van der Waals surface area contributed by atoms with E-state index in [0.717, 1.165) is 19.4 Å². The monoisotopic (exact) mass is 413 g/mol. The first-order valence-electron chi connectivity index (χ1n) is 10.8. The van der Waals surface area contributed by atoms with Crippen LogP contribution in [0.15, 0.2) is 0 Å². The van der Waals surface area contributed by atoms with Gasteiger partial charge in [0, 0.05) is 5.92 Å². The molecule has 0 spiro atoms. The van der Waals surface area contributed by atoms with Crippen molar-refractivity contribution in [1.82, 2.24) is 0 Å². The van der Waals surface area contributed by atoms with E-state index in [1.165, 1.54) is 96.3 Å². The van der Waals surface area contributed by atoms with Crippen LogP contribution in [-0.4, -0.2) is 10.3 Å². The van der Waals surface area contributed by atoms with E-state index in [2.05, 4.69) is 6.92 Å². The number of nitrogens with two attached hydrogens (primary N) is 1. The van der Waals surface area contributed by atoms with E-state index in [9.17, 15) is 0 Å². The molecule has 0 aromatic heterocycles. The van der Waals surface area contributed by atoms with Gasteiger partial charge in [0.05, 0.1) is 0 Å². The van der Waals surface area contributed by atoms with Gasteiger partial charge in [-0.2, -0.15) is 0 Å². The van der Waals surface area contributed by atoms with Crippen LogP contribution in [0.4, 0.5) is 0 Å². The van der Waals surface area contributed by atoms with E-state index in [4.69, 9.17) is 40.5 Å². The van der Waals surface area contributed by atoms with Crippen molar-refractivity contribution < 1.29 is 0 Å². The third-order valence-corrected chi connectivity index (χ3v) is 6.05. The molecular weight excluding hydrogens is 373 g/mol. The van der Waals surface area contributed by atoms with E-state index >= 15 is 0 Å². The lowest BCUT2D eigenvalue weighted by atomic mass is 9.95. The van der Waals surface area contributed by atoms with Gasteiger partial charge in [-0.05, 0) is 25.8 Å². The molecule has 0 aromatic rings. The van der Waals surface area contributed by atoms with Gasteiger partial charge < -0.3 is 5.73 Å². The quantitative estimate of drug-likeness (QED) is 0.176. The fourth-order valence-electron chi connectivity index (χ4n) is 3.42. The molecule has 0 aliphatic heterocycles. The minimum absolute atomic E-state index is 0.222. The average molecular weight is 415 g/mol. The smallest absolute Gasteiger partial charge is 0.193 e. The summed E-state index contributed by atoms with van der Waals surface area (Å²) in [6, 6.07) is 0. The fraction of sp³-hybridized carbons (Fsp3) is 1.00. The molecule has 0 fully saturated rings. The Labute approximate surface area is 172 Å². The van der Waals surface area contributed by atoms with Gasteiger partial charge >= 0.3 is 0 Å². The van der Waals surface area contributed by atoms with Gasteiger partial charge in [0.1, 0.15) is 0 Å². The highest BCUT2D eigenvalue weighted by Crippen LogP contribution is 2.41. The maximum Gasteiger partial charge on any atom is 0.193 e. The minimum Gasteiger partial charge on any atom is -0.330 e. The number of halogens is 3. The van der Waals surface area contributed by atoms with Gasteiger partial charge in [-0.3, -0.25) is 0 Å². The Morgan fingerprint density at radius 2 is 0.960 bits per heavy atom. The van der Waals surface area contributed by atoms with Crippen LogP contribution in [-0.2, 0) is 0 Å². The molecule has 0 heterocycles. The van der Waals surface area contributed by atoms with Gasteiger partial charge in [0.2, 0.25) is 0 Å². The number of rotatable bonds is 18. The number of unbranched alkanes of at least 4 members (excludes halogenated alkanes) is 13. The van der Waals surface area contributed by atoms with E-state index in [1.54, 1.807) is 0 Å². The standard InChI is InChI=1S/C21H42Cl3N/c1-2-3-4-5-11-14-17-20(21(22,23)24)18-15-12-9-7-6-8-10-13-16-19-25/h20H,2-19,25H2,1H3. The molecule has 1 nitrogen and oxygen atoms in total. The van der Waals surface area contributed by atoms with Crippen LogP contribution in [0.2, 0.25) is 0 Å².